The summed E-state index contributed by atoms with van der Waals surface area (Å²) in [6, 6.07) is 24.3. The number of amides is 1. The number of nitrogens with zero attached hydrogens (tertiary/aromatic N) is 1. The van der Waals surface area contributed by atoms with E-state index in [1.54, 1.807) is 18.2 Å². The number of hydrogen-bond donors (Lipinski definition) is 3. The van der Waals surface area contributed by atoms with Crippen LogP contribution in [0.2, 0.25) is 0 Å². The fraction of sp³-hybridized carbons (Fsp3) is 0.300. The molecule has 5 rings (SSSR count). The molecule has 2 aliphatic rings. The number of fused-ring (bicyclic) bond motifs is 1. The lowest BCUT2D eigenvalue weighted by Crippen LogP contribution is -2.42. The monoisotopic (exact) mass is 530 g/mol. The zero-order valence-electron chi connectivity index (χ0n) is 22.0. The van der Waals surface area contributed by atoms with Gasteiger partial charge in [-0.05, 0) is 68.1 Å². The molecule has 198 valence electrons. The molecule has 2 unspecified atom stereocenters. The number of carbonyl (C=O) groups is 1. The van der Waals surface area contributed by atoms with Crippen molar-refractivity contribution in [2.24, 2.45) is 0 Å². The van der Waals surface area contributed by atoms with Crippen LogP contribution in [0.4, 0.5) is 17.1 Å². The van der Waals surface area contributed by atoms with Crippen LogP contribution in [0.25, 0.3) is 11.3 Å². The van der Waals surface area contributed by atoms with Crippen molar-refractivity contribution in [3.63, 3.8) is 0 Å². The summed E-state index contributed by atoms with van der Waals surface area (Å²) < 4.78 is 26.1. The van der Waals surface area contributed by atoms with E-state index in [1.807, 2.05) is 42.5 Å². The summed E-state index contributed by atoms with van der Waals surface area (Å²) >= 11 is 0. The second kappa shape index (κ2) is 10.6. The first-order valence-electron chi connectivity index (χ1n) is 13.0. The molecule has 3 aromatic rings. The quantitative estimate of drug-likeness (QED) is 0.338. The van der Waals surface area contributed by atoms with Crippen LogP contribution in [-0.4, -0.2) is 37.6 Å². The third-order valence-corrected chi connectivity index (χ3v) is 7.95. The minimum atomic E-state index is -3.46. The lowest BCUT2D eigenvalue weighted by Gasteiger charge is -2.39. The molecule has 3 aromatic carbocycles. The Morgan fingerprint density at radius 3 is 2.26 bits per heavy atom. The first-order valence-corrected chi connectivity index (χ1v) is 14.9. The van der Waals surface area contributed by atoms with Gasteiger partial charge in [0.2, 0.25) is 10.0 Å². The van der Waals surface area contributed by atoms with E-state index in [2.05, 4.69) is 46.2 Å². The highest BCUT2D eigenvalue weighted by Crippen LogP contribution is 2.39. The predicted octanol–water partition coefficient (Wildman–Crippen LogP) is 5.75. The summed E-state index contributed by atoms with van der Waals surface area (Å²) in [7, 11) is -3.46. The third kappa shape index (κ3) is 5.76. The van der Waals surface area contributed by atoms with E-state index < -0.39 is 10.0 Å². The van der Waals surface area contributed by atoms with Crippen LogP contribution >= 0.6 is 0 Å². The molecule has 0 spiro atoms. The van der Waals surface area contributed by atoms with E-state index >= 15 is 0 Å². The minimum absolute atomic E-state index is 0.243. The van der Waals surface area contributed by atoms with Crippen molar-refractivity contribution in [3.8, 4) is 0 Å². The molecule has 0 aliphatic carbocycles. The Balaban J connectivity index is 1.49. The minimum Gasteiger partial charge on any atom is -0.354 e. The van der Waals surface area contributed by atoms with Crippen molar-refractivity contribution in [3.05, 3.63) is 89.5 Å². The van der Waals surface area contributed by atoms with Crippen molar-refractivity contribution in [2.45, 2.75) is 51.7 Å². The van der Waals surface area contributed by atoms with Crippen molar-refractivity contribution >= 4 is 44.3 Å². The molecule has 0 radical (unpaired) electrons. The maximum absolute atomic E-state index is 13.2. The molecular weight excluding hydrogens is 496 g/mol. The molecule has 8 heteroatoms. The van der Waals surface area contributed by atoms with E-state index in [0.29, 0.717) is 40.3 Å². The number of anilines is 3. The zero-order chi connectivity index (χ0) is 26.9. The first kappa shape index (κ1) is 26.0. The Hall–Kier alpha value is -3.62. The fourth-order valence-electron chi connectivity index (χ4n) is 5.41. The third-order valence-electron chi connectivity index (χ3n) is 7.34. The van der Waals surface area contributed by atoms with Crippen LogP contribution in [0, 0.1) is 0 Å². The zero-order valence-corrected chi connectivity index (χ0v) is 22.8. The van der Waals surface area contributed by atoms with Gasteiger partial charge in [-0.1, -0.05) is 48.9 Å². The molecule has 2 atom stereocenters. The number of rotatable bonds is 7. The summed E-state index contributed by atoms with van der Waals surface area (Å²) in [5.74, 6) is -0.243. The highest BCUT2D eigenvalue weighted by Gasteiger charge is 2.29. The molecule has 7 nitrogen and oxygen atoms in total. The lowest BCUT2D eigenvalue weighted by molar-refractivity contribution is -0.110. The number of likely N-dealkylation sites (tertiary alicyclic amines) is 1. The molecule has 0 bridgehead atoms. The van der Waals surface area contributed by atoms with Crippen LogP contribution in [0.5, 0.6) is 0 Å². The van der Waals surface area contributed by atoms with Crippen LogP contribution in [0.15, 0.2) is 72.8 Å². The van der Waals surface area contributed by atoms with Gasteiger partial charge in [-0.25, -0.2) is 8.42 Å². The van der Waals surface area contributed by atoms with Crippen molar-refractivity contribution in [1.82, 2.24) is 4.90 Å². The van der Waals surface area contributed by atoms with Crippen LogP contribution in [0.1, 0.15) is 49.8 Å². The van der Waals surface area contributed by atoms with Gasteiger partial charge in [0, 0.05) is 41.3 Å². The molecule has 38 heavy (non-hydrogen) atoms. The van der Waals surface area contributed by atoms with Crippen LogP contribution in [0.3, 0.4) is 0 Å². The summed E-state index contributed by atoms with van der Waals surface area (Å²) in [6.45, 7) is 5.54. The van der Waals surface area contributed by atoms with Gasteiger partial charge in [-0.15, -0.1) is 0 Å². The molecule has 0 saturated carbocycles. The van der Waals surface area contributed by atoms with Crippen molar-refractivity contribution < 1.29 is 13.2 Å². The van der Waals surface area contributed by atoms with Gasteiger partial charge < -0.3 is 10.6 Å². The first-order chi connectivity index (χ1) is 18.2. The van der Waals surface area contributed by atoms with Crippen LogP contribution in [-0.2, 0) is 21.4 Å². The second-order valence-electron chi connectivity index (χ2n) is 10.3. The van der Waals surface area contributed by atoms with Crippen molar-refractivity contribution in [1.29, 1.82) is 0 Å². The number of nitrogens with one attached hydrogen (secondary N) is 3. The van der Waals surface area contributed by atoms with E-state index in [9.17, 15) is 13.2 Å². The van der Waals surface area contributed by atoms with Gasteiger partial charge in [-0.3, -0.25) is 14.4 Å². The molecule has 1 saturated heterocycles. The maximum Gasteiger partial charge on any atom is 0.258 e. The molecule has 2 heterocycles. The highest BCUT2D eigenvalue weighted by molar-refractivity contribution is 7.92. The number of piperidine rings is 1. The van der Waals surface area contributed by atoms with Gasteiger partial charge >= 0.3 is 0 Å². The van der Waals surface area contributed by atoms with Gasteiger partial charge in [0.25, 0.3) is 5.91 Å². The van der Waals surface area contributed by atoms with E-state index in [-0.39, 0.29) is 5.91 Å². The molecule has 0 aromatic heterocycles. The number of sulfonamides is 1. The molecule has 1 amide bonds. The number of benzene rings is 3. The predicted molar refractivity (Wildman–Crippen MR) is 155 cm³/mol. The smallest absolute Gasteiger partial charge is 0.258 e. The fourth-order valence-corrected chi connectivity index (χ4v) is 5.97. The molecule has 1 fully saturated rings. The Morgan fingerprint density at radius 1 is 0.947 bits per heavy atom. The Bertz CT molecular complexity index is 1460. The van der Waals surface area contributed by atoms with Gasteiger partial charge in [0.05, 0.1) is 17.5 Å². The highest BCUT2D eigenvalue weighted by atomic mass is 32.2. The van der Waals surface area contributed by atoms with E-state index in [1.165, 1.54) is 24.8 Å². The summed E-state index contributed by atoms with van der Waals surface area (Å²) in [6.07, 6.45) is 4.88. The van der Waals surface area contributed by atoms with E-state index in [4.69, 9.17) is 0 Å². The number of hydrogen-bond acceptors (Lipinski definition) is 5. The van der Waals surface area contributed by atoms with Crippen LogP contribution < -0.4 is 15.4 Å². The normalized spacial score (nSPS) is 21.0. The van der Waals surface area contributed by atoms with Crippen molar-refractivity contribution in [2.75, 3.05) is 21.6 Å². The average Bonchev–Trinajstić information content (AvgIpc) is 3.20. The molecular formula is C30H34N4O3S. The summed E-state index contributed by atoms with van der Waals surface area (Å²) in [5.41, 5.74) is 5.77. The number of carbonyl (C=O) groups excluding carboxylic acids is 1. The SMILES string of the molecule is CC1CCCC(C)N1Cc1ccc(N/C(=C2/C(=O)Nc3ccc(NS(C)(=O)=O)cc32)c2ccccc2)cc1. The largest absolute Gasteiger partial charge is 0.354 e. The Morgan fingerprint density at radius 2 is 1.61 bits per heavy atom. The molecule has 3 N–H and O–H groups in total. The topological polar surface area (TPSA) is 90.5 Å². The molecule has 2 aliphatic heterocycles. The lowest BCUT2D eigenvalue weighted by atomic mass is 9.96. The average molecular weight is 531 g/mol. The van der Waals surface area contributed by atoms with Gasteiger partial charge in [0.1, 0.15) is 0 Å². The second-order valence-corrected chi connectivity index (χ2v) is 12.1. The summed E-state index contributed by atoms with van der Waals surface area (Å²) in [4.78, 5) is 15.8. The summed E-state index contributed by atoms with van der Waals surface area (Å²) in [5, 5.41) is 6.41. The standard InChI is InChI=1S/C30H34N4O3S/c1-20-8-7-9-21(2)34(20)19-22-12-14-24(15-13-22)31-29(23-10-5-4-6-11-23)28-26-18-25(33-38(3,36)37)16-17-27(26)32-30(28)35/h4-6,10-18,20-21,31,33H,7-9,19H2,1-3H3,(H,32,35)/b29-28+. The Labute approximate surface area is 225 Å². The van der Waals surface area contributed by atoms with E-state index in [0.717, 1.165) is 24.1 Å². The van der Waals surface area contributed by atoms with Gasteiger partial charge in [-0.2, -0.15) is 0 Å². The Kier molecular flexibility index (Phi) is 7.27. The maximum atomic E-state index is 13.2. The van der Waals surface area contributed by atoms with Gasteiger partial charge in [0.15, 0.2) is 0 Å².